The van der Waals surface area contributed by atoms with Gasteiger partial charge in [-0.2, -0.15) is 0 Å². The van der Waals surface area contributed by atoms with E-state index in [-0.39, 0.29) is 28.0 Å². The van der Waals surface area contributed by atoms with E-state index < -0.39 is 11.9 Å². The number of rotatable bonds is 10. The fourth-order valence-electron chi connectivity index (χ4n) is 3.32. The predicted molar refractivity (Wildman–Crippen MR) is 164 cm³/mol. The zero-order valence-corrected chi connectivity index (χ0v) is 24.3. The molecule has 6 heteroatoms. The summed E-state index contributed by atoms with van der Waals surface area (Å²) in [6.07, 6.45) is 0.613. The minimum Gasteiger partial charge on any atom is -0.545 e. The Bertz CT molecular complexity index is 1250. The molecule has 4 aromatic carbocycles. The Kier molecular flexibility index (Phi) is 14.3. The van der Waals surface area contributed by atoms with Gasteiger partial charge in [-0.25, -0.2) is 4.79 Å². The number of ether oxygens (including phenoxy) is 1. The molecule has 1 N–H and O–H groups in total. The second kappa shape index (κ2) is 17.9. The molecule has 0 saturated carbocycles. The molecule has 0 saturated heterocycles. The molecule has 0 bridgehead atoms. The van der Waals surface area contributed by atoms with Crippen molar-refractivity contribution in [3.8, 4) is 5.75 Å². The van der Waals surface area contributed by atoms with Gasteiger partial charge in [0.25, 0.3) is 0 Å². The average Bonchev–Trinajstić information content (AvgIpc) is 2.99. The van der Waals surface area contributed by atoms with E-state index in [1.807, 2.05) is 30.3 Å². The van der Waals surface area contributed by atoms with Crippen LogP contribution >= 0.6 is 0 Å². The first-order valence-corrected chi connectivity index (χ1v) is 14.3. The molecule has 0 aliphatic carbocycles. The lowest BCUT2D eigenvalue weighted by molar-refractivity contribution is -0.299. The number of carbonyl (C=O) groups excluding carboxylic acids is 1. The molecule has 1 atom stereocenters. The Morgan fingerprint density at radius 1 is 0.756 bits per heavy atom. The number of aliphatic carboxylic acids is 2. The van der Waals surface area contributed by atoms with Crippen molar-refractivity contribution in [3.63, 3.8) is 0 Å². The highest BCUT2D eigenvalue weighted by molar-refractivity contribution is 7.97. The third kappa shape index (κ3) is 12.0. The van der Waals surface area contributed by atoms with Gasteiger partial charge in [0.2, 0.25) is 0 Å². The van der Waals surface area contributed by atoms with E-state index in [0.29, 0.717) is 13.0 Å². The van der Waals surface area contributed by atoms with Gasteiger partial charge < -0.3 is 19.7 Å². The molecule has 0 spiro atoms. The predicted octanol–water partition coefficient (Wildman–Crippen LogP) is 6.83. The Balaban J connectivity index is 0.000000243. The van der Waals surface area contributed by atoms with Gasteiger partial charge in [0.1, 0.15) is 5.75 Å². The van der Waals surface area contributed by atoms with E-state index >= 15 is 0 Å². The molecule has 41 heavy (non-hydrogen) atoms. The van der Waals surface area contributed by atoms with Gasteiger partial charge in [-0.15, -0.1) is 0 Å². The molecular weight excluding hydrogens is 532 g/mol. The average molecular weight is 569 g/mol. The number of benzene rings is 4. The monoisotopic (exact) mass is 568 g/mol. The second-order valence-corrected chi connectivity index (χ2v) is 11.0. The summed E-state index contributed by atoms with van der Waals surface area (Å²) in [5.74, 6) is -1.47. The molecule has 0 radical (unpaired) electrons. The number of carbonyl (C=O) groups is 2. The summed E-state index contributed by atoms with van der Waals surface area (Å²) >= 11 is 0. The number of hydrogen-bond donors (Lipinski definition) is 1. The Morgan fingerprint density at radius 3 is 1.41 bits per heavy atom. The van der Waals surface area contributed by atoms with Gasteiger partial charge in [-0.1, -0.05) is 92.9 Å². The quantitative estimate of drug-likeness (QED) is 0.167. The van der Waals surface area contributed by atoms with Crippen molar-refractivity contribution in [1.29, 1.82) is 0 Å². The molecule has 0 aromatic heterocycles. The van der Waals surface area contributed by atoms with Crippen molar-refractivity contribution in [2.75, 3.05) is 6.61 Å². The standard InChI is InChI=1S/C18H15S.C13H16O3.C4H6O2/c1-4-10-16(11-5-1)19(17-12-6-2-7-13-17)18-14-8-3-9-15-18;1-10(11(2)13(14)15)8-9-16-12-6-4-3-5-7-12;1-3(2)4(5)6/h1-15H;3-7,10H,2,8-9H2,1H3,(H,14,15);1H2,2H3,(H,5,6)/q+1;;/p-1. The summed E-state index contributed by atoms with van der Waals surface area (Å²) in [4.78, 5) is 24.2. The molecule has 0 aliphatic rings. The van der Waals surface area contributed by atoms with E-state index in [1.165, 1.54) is 21.6 Å². The van der Waals surface area contributed by atoms with E-state index in [0.717, 1.165) is 5.75 Å². The van der Waals surface area contributed by atoms with E-state index in [2.05, 4.69) is 104 Å². The third-order valence-electron chi connectivity index (χ3n) is 5.72. The Labute approximate surface area is 245 Å². The summed E-state index contributed by atoms with van der Waals surface area (Å²) in [6.45, 7) is 10.3. The lowest BCUT2D eigenvalue weighted by Gasteiger charge is -2.15. The Morgan fingerprint density at radius 2 is 1.10 bits per heavy atom. The normalized spacial score (nSPS) is 10.6. The molecule has 4 aromatic rings. The van der Waals surface area contributed by atoms with Crippen LogP contribution in [0.5, 0.6) is 5.75 Å². The SMILES string of the molecule is C=C(C(=O)[O-])C(C)CCOc1ccccc1.C=C(C)C(=O)O.c1ccc([S+](c2ccccc2)c2ccccc2)cc1. The minimum absolute atomic E-state index is 0.0146. The van der Waals surface area contributed by atoms with Crippen LogP contribution in [0.3, 0.4) is 0 Å². The van der Waals surface area contributed by atoms with Crippen molar-refractivity contribution in [1.82, 2.24) is 0 Å². The first-order valence-electron chi connectivity index (χ1n) is 13.1. The lowest BCUT2D eigenvalue weighted by atomic mass is 10.00. The first-order chi connectivity index (χ1) is 19.7. The summed E-state index contributed by atoms with van der Waals surface area (Å²) in [5.41, 5.74) is 0.298. The van der Waals surface area contributed by atoms with Crippen LogP contribution in [0.25, 0.3) is 0 Å². The molecule has 0 heterocycles. The van der Waals surface area contributed by atoms with Crippen LogP contribution in [-0.2, 0) is 20.5 Å². The number of para-hydroxylation sites is 1. The van der Waals surface area contributed by atoms with E-state index in [4.69, 9.17) is 9.84 Å². The first kappa shape index (κ1) is 32.7. The highest BCUT2D eigenvalue weighted by Gasteiger charge is 2.27. The van der Waals surface area contributed by atoms with Crippen LogP contribution in [0.2, 0.25) is 0 Å². The van der Waals surface area contributed by atoms with Gasteiger partial charge in [0.05, 0.1) is 23.5 Å². The van der Waals surface area contributed by atoms with E-state index in [1.54, 1.807) is 6.92 Å². The van der Waals surface area contributed by atoms with E-state index in [9.17, 15) is 14.7 Å². The highest BCUT2D eigenvalue weighted by Crippen LogP contribution is 2.30. The van der Waals surface area contributed by atoms with Crippen LogP contribution in [0.15, 0.2) is 160 Å². The number of carboxylic acids is 2. The zero-order chi connectivity index (χ0) is 30.0. The smallest absolute Gasteiger partial charge is 0.330 e. The summed E-state index contributed by atoms with van der Waals surface area (Å²) < 4.78 is 5.45. The van der Waals surface area contributed by atoms with Crippen LogP contribution in [-0.4, -0.2) is 23.7 Å². The lowest BCUT2D eigenvalue weighted by Crippen LogP contribution is -2.27. The van der Waals surface area contributed by atoms with Gasteiger partial charge >= 0.3 is 5.97 Å². The van der Waals surface area contributed by atoms with Crippen LogP contribution in [0, 0.1) is 5.92 Å². The molecule has 0 aliphatic heterocycles. The van der Waals surface area contributed by atoms with Gasteiger partial charge in [-0.3, -0.25) is 0 Å². The molecule has 212 valence electrons. The fourth-order valence-corrected chi connectivity index (χ4v) is 5.43. The maximum absolute atomic E-state index is 10.5. The highest BCUT2D eigenvalue weighted by atomic mass is 32.2. The maximum atomic E-state index is 10.5. The van der Waals surface area contributed by atoms with Crippen molar-refractivity contribution in [2.24, 2.45) is 5.92 Å². The largest absolute Gasteiger partial charge is 0.545 e. The topological polar surface area (TPSA) is 86.7 Å². The number of carboxylic acid groups (broad SMARTS) is 2. The van der Waals surface area contributed by atoms with Gasteiger partial charge in [-0.05, 0) is 73.4 Å². The van der Waals surface area contributed by atoms with Crippen molar-refractivity contribution >= 4 is 22.8 Å². The molecular formula is C35H36O5S. The second-order valence-electron chi connectivity index (χ2n) is 8.99. The molecule has 5 nitrogen and oxygen atoms in total. The van der Waals surface area contributed by atoms with Crippen LogP contribution < -0.4 is 9.84 Å². The summed E-state index contributed by atoms with van der Waals surface area (Å²) in [7, 11) is -0.0146. The van der Waals surface area contributed by atoms with Gasteiger partial charge in [0, 0.05) is 5.57 Å². The zero-order valence-electron chi connectivity index (χ0n) is 23.4. The van der Waals surface area contributed by atoms with Crippen LogP contribution in [0.1, 0.15) is 20.3 Å². The summed E-state index contributed by atoms with van der Waals surface area (Å²) in [5, 5.41) is 18.4. The minimum atomic E-state index is -1.19. The molecule has 4 rings (SSSR count). The Hall–Kier alpha value is -4.55. The molecule has 0 fully saturated rings. The fraction of sp³-hybridized carbons (Fsp3) is 0.143. The number of hydrogen-bond acceptors (Lipinski definition) is 4. The molecule has 1 unspecified atom stereocenters. The molecule has 0 amide bonds. The third-order valence-corrected chi connectivity index (χ3v) is 7.95. The van der Waals surface area contributed by atoms with Crippen molar-refractivity contribution < 1.29 is 24.5 Å². The van der Waals surface area contributed by atoms with Crippen molar-refractivity contribution in [2.45, 2.75) is 35.0 Å². The maximum Gasteiger partial charge on any atom is 0.330 e. The van der Waals surface area contributed by atoms with Crippen LogP contribution in [0.4, 0.5) is 0 Å². The van der Waals surface area contributed by atoms with Gasteiger partial charge in [0.15, 0.2) is 14.7 Å². The summed E-state index contributed by atoms with van der Waals surface area (Å²) in [6, 6.07) is 41.6. The van der Waals surface area contributed by atoms with Crippen molar-refractivity contribution in [3.05, 3.63) is 146 Å².